The molecule has 4 atom stereocenters. The molecule has 4 bridgehead atoms. The summed E-state index contributed by atoms with van der Waals surface area (Å²) in [7, 11) is 3.09. The summed E-state index contributed by atoms with van der Waals surface area (Å²) in [6.45, 7) is 13.7. The number of hydrogen-bond acceptors (Lipinski definition) is 7. The van der Waals surface area contributed by atoms with Gasteiger partial charge in [-0.15, -0.1) is 6.42 Å². The van der Waals surface area contributed by atoms with Crippen LogP contribution in [0.4, 0.5) is 0 Å². The highest BCUT2D eigenvalue weighted by atomic mass is 16.5. The first-order valence-electron chi connectivity index (χ1n) is 12.3. The van der Waals surface area contributed by atoms with Crippen LogP contribution in [0.15, 0.2) is 12.1 Å². The minimum Gasteiger partial charge on any atom is -0.367 e. The molecule has 0 radical (unpaired) electrons. The van der Waals surface area contributed by atoms with Gasteiger partial charge in [0.2, 0.25) is 0 Å². The van der Waals surface area contributed by atoms with Crippen LogP contribution < -0.4 is 10.6 Å². The molecule has 3 heterocycles. The van der Waals surface area contributed by atoms with Crippen LogP contribution in [0, 0.1) is 12.3 Å². The summed E-state index contributed by atoms with van der Waals surface area (Å²) in [6, 6.07) is 3.80. The number of amides is 2. The molecular weight excluding hydrogens is 458 g/mol. The number of aromatic nitrogens is 1. The fourth-order valence-corrected chi connectivity index (χ4v) is 5.08. The molecule has 0 spiro atoms. The van der Waals surface area contributed by atoms with E-state index in [1.165, 1.54) is 0 Å². The third-order valence-corrected chi connectivity index (χ3v) is 6.92. The Bertz CT molecular complexity index is 977. The Hall–Kier alpha value is -2.51. The molecule has 0 aliphatic carbocycles. The molecular formula is C27H41N5O4. The molecule has 0 saturated heterocycles. The van der Waals surface area contributed by atoms with Crippen LogP contribution in [0.1, 0.15) is 58.5 Å². The number of nitrogens with one attached hydrogen (secondary N) is 2. The number of methoxy groups -OCH3 is 2. The van der Waals surface area contributed by atoms with Gasteiger partial charge in [0.15, 0.2) is 11.2 Å². The average Bonchev–Trinajstić information content (AvgIpc) is 2.76. The molecule has 2 amide bonds. The monoisotopic (exact) mass is 499 g/mol. The molecule has 2 aliphatic heterocycles. The Kier molecular flexibility index (Phi) is 7.87. The Balaban J connectivity index is 2.26. The summed E-state index contributed by atoms with van der Waals surface area (Å²) in [5, 5.41) is 6.37. The third-order valence-electron chi connectivity index (χ3n) is 6.92. The van der Waals surface area contributed by atoms with Crippen LogP contribution in [-0.4, -0.2) is 89.3 Å². The SMILES string of the molecule is C#Cc1cc2nc(c1)CN1CC(C)(C)NC(=O)[C@](C)(OC)CN(C2)CC(C)(C)NC(=O)[C@@](C)(OC)C1. The first-order valence-corrected chi connectivity index (χ1v) is 12.3. The first kappa shape index (κ1) is 28.1. The Morgan fingerprint density at radius 3 is 1.53 bits per heavy atom. The quantitative estimate of drug-likeness (QED) is 0.592. The zero-order valence-electron chi connectivity index (χ0n) is 22.9. The van der Waals surface area contributed by atoms with Crippen molar-refractivity contribution in [3.63, 3.8) is 0 Å². The summed E-state index contributed by atoms with van der Waals surface area (Å²) in [5.41, 5.74) is -1.21. The van der Waals surface area contributed by atoms with Gasteiger partial charge in [0.1, 0.15) is 0 Å². The number of carbonyl (C=O) groups excluding carboxylic acids is 2. The van der Waals surface area contributed by atoms with E-state index in [0.29, 0.717) is 26.2 Å². The normalized spacial score (nSPS) is 32.6. The lowest BCUT2D eigenvalue weighted by atomic mass is 9.95. The molecule has 9 heteroatoms. The van der Waals surface area contributed by atoms with E-state index in [9.17, 15) is 9.59 Å². The zero-order valence-corrected chi connectivity index (χ0v) is 22.9. The third kappa shape index (κ3) is 6.43. The van der Waals surface area contributed by atoms with Gasteiger partial charge in [0.25, 0.3) is 11.8 Å². The van der Waals surface area contributed by atoms with Crippen LogP contribution >= 0.6 is 0 Å². The minimum atomic E-state index is -1.13. The van der Waals surface area contributed by atoms with Crippen LogP contribution in [0.5, 0.6) is 0 Å². The van der Waals surface area contributed by atoms with Crippen molar-refractivity contribution in [2.24, 2.45) is 0 Å². The Morgan fingerprint density at radius 2 is 1.19 bits per heavy atom. The molecule has 1 aromatic rings. The predicted molar refractivity (Wildman–Crippen MR) is 138 cm³/mol. The molecule has 198 valence electrons. The van der Waals surface area contributed by atoms with E-state index in [1.54, 1.807) is 28.1 Å². The number of hydrogen-bond donors (Lipinski definition) is 2. The van der Waals surface area contributed by atoms with Crippen LogP contribution in [-0.2, 0) is 32.2 Å². The zero-order chi connectivity index (χ0) is 26.9. The highest BCUT2D eigenvalue weighted by Gasteiger charge is 2.43. The topological polar surface area (TPSA) is 96.0 Å². The molecule has 0 saturated carbocycles. The van der Waals surface area contributed by atoms with Gasteiger partial charge in [-0.2, -0.15) is 0 Å². The van der Waals surface area contributed by atoms with Gasteiger partial charge in [-0.1, -0.05) is 5.92 Å². The van der Waals surface area contributed by atoms with E-state index in [2.05, 4.69) is 26.4 Å². The van der Waals surface area contributed by atoms with Gasteiger partial charge in [-0.25, -0.2) is 0 Å². The molecule has 1 aromatic heterocycles. The maximum atomic E-state index is 13.6. The van der Waals surface area contributed by atoms with E-state index in [1.807, 2.05) is 39.8 Å². The lowest BCUT2D eigenvalue weighted by Gasteiger charge is -2.43. The number of pyridine rings is 1. The van der Waals surface area contributed by atoms with Crippen molar-refractivity contribution in [1.29, 1.82) is 0 Å². The van der Waals surface area contributed by atoms with E-state index in [0.717, 1.165) is 17.0 Å². The predicted octanol–water partition coefficient (Wildman–Crippen LogP) is 1.29. The molecule has 0 aromatic carbocycles. The van der Waals surface area contributed by atoms with E-state index >= 15 is 0 Å². The summed E-state index contributed by atoms with van der Waals surface area (Å²) in [5.74, 6) is 2.35. The number of carbonyl (C=O) groups is 2. The highest BCUT2D eigenvalue weighted by Crippen LogP contribution is 2.24. The van der Waals surface area contributed by atoms with Crippen molar-refractivity contribution in [3.8, 4) is 12.3 Å². The van der Waals surface area contributed by atoms with Gasteiger partial charge in [0, 0.05) is 70.1 Å². The number of nitrogens with zero attached hydrogens (tertiary/aromatic N) is 3. The summed E-state index contributed by atoms with van der Waals surface area (Å²) in [4.78, 5) is 36.3. The molecule has 36 heavy (non-hydrogen) atoms. The maximum Gasteiger partial charge on any atom is 0.253 e. The van der Waals surface area contributed by atoms with Gasteiger partial charge in [0.05, 0.1) is 11.4 Å². The second kappa shape index (κ2) is 10.1. The smallest absolute Gasteiger partial charge is 0.253 e. The lowest BCUT2D eigenvalue weighted by Crippen LogP contribution is -2.65. The first-order chi connectivity index (χ1) is 16.6. The molecule has 9 nitrogen and oxygen atoms in total. The van der Waals surface area contributed by atoms with Crippen molar-refractivity contribution in [1.82, 2.24) is 25.4 Å². The van der Waals surface area contributed by atoms with Crippen molar-refractivity contribution in [2.75, 3.05) is 40.4 Å². The van der Waals surface area contributed by atoms with Crippen LogP contribution in [0.2, 0.25) is 0 Å². The van der Waals surface area contributed by atoms with E-state index in [-0.39, 0.29) is 24.9 Å². The molecule has 0 fully saturated rings. The minimum absolute atomic E-state index is 0.198. The number of rotatable bonds is 2. The standard InChI is InChI=1S/C27H41N5O4/c1-10-19-11-20-13-31-15-24(2,3)29-22(33)26(6,35-8)18-32(14-21(12-19)28-20)16-25(4,5)30-23(34)27(7,17-31)36-9/h1,11-12H,13-18H2,2-9H3,(H,29,33)(H,30,34)/t26-,27+. The number of fused-ring (bicyclic) bond motifs is 2. The van der Waals surface area contributed by atoms with E-state index in [4.69, 9.17) is 20.9 Å². The Labute approximate surface area is 215 Å². The fraction of sp³-hybridized carbons (Fsp3) is 0.667. The van der Waals surface area contributed by atoms with Gasteiger partial charge < -0.3 is 20.1 Å². The molecule has 2 unspecified atom stereocenters. The summed E-state index contributed by atoms with van der Waals surface area (Å²) < 4.78 is 11.6. The summed E-state index contributed by atoms with van der Waals surface area (Å²) in [6.07, 6.45) is 5.80. The fourth-order valence-electron chi connectivity index (χ4n) is 5.08. The highest BCUT2D eigenvalue weighted by molar-refractivity contribution is 5.86. The number of terminal acetylenes is 1. The van der Waals surface area contributed by atoms with Gasteiger partial charge >= 0.3 is 0 Å². The average molecular weight is 500 g/mol. The van der Waals surface area contributed by atoms with Crippen LogP contribution in [0.25, 0.3) is 0 Å². The van der Waals surface area contributed by atoms with Crippen molar-refractivity contribution in [2.45, 2.75) is 76.9 Å². The second-order valence-electron chi connectivity index (χ2n) is 11.8. The van der Waals surface area contributed by atoms with Crippen molar-refractivity contribution >= 4 is 11.8 Å². The number of ether oxygens (including phenoxy) is 2. The largest absolute Gasteiger partial charge is 0.367 e. The Morgan fingerprint density at radius 1 is 0.806 bits per heavy atom. The van der Waals surface area contributed by atoms with Gasteiger partial charge in [-0.3, -0.25) is 24.4 Å². The second-order valence-corrected chi connectivity index (χ2v) is 11.8. The lowest BCUT2D eigenvalue weighted by molar-refractivity contribution is -0.150. The molecule has 2 aliphatic rings. The van der Waals surface area contributed by atoms with Gasteiger partial charge in [-0.05, 0) is 53.7 Å². The molecule has 2 N–H and O–H groups in total. The van der Waals surface area contributed by atoms with Crippen molar-refractivity contribution < 1.29 is 19.1 Å². The molecule has 3 rings (SSSR count). The van der Waals surface area contributed by atoms with Crippen molar-refractivity contribution in [3.05, 3.63) is 29.1 Å². The maximum absolute atomic E-state index is 13.6. The van der Waals surface area contributed by atoms with Crippen LogP contribution in [0.3, 0.4) is 0 Å². The van der Waals surface area contributed by atoms with E-state index < -0.39 is 22.3 Å². The summed E-state index contributed by atoms with van der Waals surface area (Å²) >= 11 is 0.